The highest BCUT2D eigenvalue weighted by Gasteiger charge is 2.33. The van der Waals surface area contributed by atoms with Gasteiger partial charge in [0.2, 0.25) is 0 Å². The number of carbonyl (C=O) groups excluding carboxylic acids is 1. The van der Waals surface area contributed by atoms with Gasteiger partial charge in [-0.1, -0.05) is 54.3 Å². The Kier molecular flexibility index (Phi) is 7.94. The zero-order valence-corrected chi connectivity index (χ0v) is 24.5. The third-order valence-corrected chi connectivity index (χ3v) is 8.83. The van der Waals surface area contributed by atoms with Crippen molar-refractivity contribution in [2.24, 2.45) is 0 Å². The van der Waals surface area contributed by atoms with Crippen LogP contribution in [0.4, 0.5) is 15.9 Å². The van der Waals surface area contributed by atoms with Crippen molar-refractivity contribution >= 4 is 57.4 Å². The van der Waals surface area contributed by atoms with E-state index in [-0.39, 0.29) is 17.3 Å². The summed E-state index contributed by atoms with van der Waals surface area (Å²) in [5.74, 6) is 0.782. The van der Waals surface area contributed by atoms with Gasteiger partial charge in [-0.05, 0) is 54.5 Å². The van der Waals surface area contributed by atoms with Gasteiger partial charge < -0.3 is 14.5 Å². The van der Waals surface area contributed by atoms with Gasteiger partial charge in [0.25, 0.3) is 11.5 Å². The molecule has 0 aliphatic carbocycles. The molecule has 0 bridgehead atoms. The van der Waals surface area contributed by atoms with Crippen molar-refractivity contribution in [2.75, 3.05) is 49.6 Å². The van der Waals surface area contributed by atoms with E-state index in [1.807, 2.05) is 46.2 Å². The molecule has 0 radical (unpaired) electrons. The first-order chi connectivity index (χ1) is 20.4. The van der Waals surface area contributed by atoms with Crippen LogP contribution in [-0.4, -0.2) is 64.3 Å². The minimum absolute atomic E-state index is 0.230. The second-order valence-corrected chi connectivity index (χ2v) is 11.6. The zero-order valence-electron chi connectivity index (χ0n) is 22.9. The Morgan fingerprint density at radius 2 is 1.69 bits per heavy atom. The second kappa shape index (κ2) is 11.9. The number of thioether (sulfide) groups is 1. The van der Waals surface area contributed by atoms with E-state index in [0.29, 0.717) is 71.1 Å². The summed E-state index contributed by atoms with van der Waals surface area (Å²) in [6, 6.07) is 19.8. The van der Waals surface area contributed by atoms with E-state index in [2.05, 4.69) is 0 Å². The van der Waals surface area contributed by atoms with Crippen LogP contribution in [0.3, 0.4) is 0 Å². The van der Waals surface area contributed by atoms with Gasteiger partial charge in [-0.3, -0.25) is 18.9 Å². The van der Waals surface area contributed by atoms with E-state index in [1.165, 1.54) is 22.2 Å². The zero-order chi connectivity index (χ0) is 29.2. The molecule has 0 N–H and O–H groups in total. The summed E-state index contributed by atoms with van der Waals surface area (Å²) < 4.78 is 21.6. The standard InChI is InChI=1S/C31H28FN5O3S2/c1-40-22-11-9-21(10-12-22)13-15-37-30(39)26(42-31(37)41)20-23-28(33-27-8-4-5-14-36(27)29(23)38)35-18-16-34(17-19-35)25-7-3-2-6-24(25)32/h2-12,14,20H,13,15-19H2,1H3/b26-20+. The molecule has 42 heavy (non-hydrogen) atoms. The molecular formula is C31H28FN5O3S2. The van der Waals surface area contributed by atoms with Crippen LogP contribution in [0.15, 0.2) is 82.6 Å². The van der Waals surface area contributed by atoms with Crippen molar-refractivity contribution in [2.45, 2.75) is 6.42 Å². The molecule has 2 aromatic heterocycles. The molecule has 214 valence electrons. The Morgan fingerprint density at radius 1 is 0.976 bits per heavy atom. The van der Waals surface area contributed by atoms with Crippen molar-refractivity contribution in [3.63, 3.8) is 0 Å². The number of fused-ring (bicyclic) bond motifs is 1. The van der Waals surface area contributed by atoms with Crippen LogP contribution in [0.1, 0.15) is 11.1 Å². The molecule has 0 unspecified atom stereocenters. The highest BCUT2D eigenvalue weighted by Crippen LogP contribution is 2.34. The molecule has 6 rings (SSSR count). The summed E-state index contributed by atoms with van der Waals surface area (Å²) >= 11 is 6.76. The number of hydrogen-bond acceptors (Lipinski definition) is 8. The number of aromatic nitrogens is 2. The Labute approximate surface area is 252 Å². The van der Waals surface area contributed by atoms with Gasteiger partial charge >= 0.3 is 0 Å². The van der Waals surface area contributed by atoms with E-state index in [0.717, 1.165) is 11.3 Å². The van der Waals surface area contributed by atoms with E-state index in [9.17, 15) is 14.0 Å². The lowest BCUT2D eigenvalue weighted by Crippen LogP contribution is -2.47. The minimum Gasteiger partial charge on any atom is -0.497 e. The number of ether oxygens (including phenoxy) is 1. The summed E-state index contributed by atoms with van der Waals surface area (Å²) in [5.41, 5.74) is 2.19. The molecule has 4 aromatic rings. The number of anilines is 2. The summed E-state index contributed by atoms with van der Waals surface area (Å²) in [7, 11) is 1.62. The molecular weight excluding hydrogens is 574 g/mol. The number of thiocarbonyl (C=S) groups is 1. The number of methoxy groups -OCH3 is 1. The summed E-state index contributed by atoms with van der Waals surface area (Å²) in [5, 5.41) is 0. The van der Waals surface area contributed by atoms with Crippen LogP contribution in [0.5, 0.6) is 5.75 Å². The van der Waals surface area contributed by atoms with Crippen molar-refractivity contribution in [3.8, 4) is 5.75 Å². The Balaban J connectivity index is 1.27. The molecule has 0 saturated carbocycles. The molecule has 1 amide bonds. The topological polar surface area (TPSA) is 70.4 Å². The number of benzene rings is 2. The Bertz CT molecular complexity index is 1750. The number of piperazine rings is 1. The Morgan fingerprint density at radius 3 is 2.43 bits per heavy atom. The third kappa shape index (κ3) is 5.49. The van der Waals surface area contributed by atoms with Crippen molar-refractivity contribution in [1.82, 2.24) is 14.3 Å². The molecule has 2 aliphatic rings. The van der Waals surface area contributed by atoms with Gasteiger partial charge in [-0.15, -0.1) is 0 Å². The highest BCUT2D eigenvalue weighted by molar-refractivity contribution is 8.26. The number of nitrogens with zero attached hydrogens (tertiary/aromatic N) is 5. The van der Waals surface area contributed by atoms with Gasteiger partial charge in [0.1, 0.15) is 27.4 Å². The van der Waals surface area contributed by atoms with Gasteiger partial charge in [-0.2, -0.15) is 0 Å². The first-order valence-electron chi connectivity index (χ1n) is 13.6. The SMILES string of the molecule is COc1ccc(CCN2C(=O)/C(=C\c3c(N4CCN(c5ccccc5F)CC4)nc4ccccn4c3=O)SC2=S)cc1. The maximum Gasteiger partial charge on any atom is 0.267 e. The number of rotatable bonds is 7. The van der Waals surface area contributed by atoms with E-state index in [4.69, 9.17) is 21.9 Å². The van der Waals surface area contributed by atoms with Crippen molar-refractivity contribution < 1.29 is 13.9 Å². The van der Waals surface area contributed by atoms with E-state index < -0.39 is 0 Å². The highest BCUT2D eigenvalue weighted by atomic mass is 32.2. The molecule has 2 aliphatic heterocycles. The monoisotopic (exact) mass is 601 g/mol. The minimum atomic E-state index is -0.268. The lowest BCUT2D eigenvalue weighted by Gasteiger charge is -2.37. The fraction of sp³-hybridized carbons (Fsp3) is 0.226. The predicted octanol–water partition coefficient (Wildman–Crippen LogP) is 4.61. The van der Waals surface area contributed by atoms with Crippen LogP contribution >= 0.6 is 24.0 Å². The smallest absolute Gasteiger partial charge is 0.267 e. The van der Waals surface area contributed by atoms with Crippen molar-refractivity contribution in [3.05, 3.63) is 105 Å². The van der Waals surface area contributed by atoms with Gasteiger partial charge in [0.05, 0.1) is 23.3 Å². The number of carbonyl (C=O) groups is 1. The number of hydrogen-bond donors (Lipinski definition) is 0. The van der Waals surface area contributed by atoms with Gasteiger partial charge in [0.15, 0.2) is 0 Å². The summed E-state index contributed by atoms with van der Waals surface area (Å²) in [6.45, 7) is 2.61. The Hall–Kier alpha value is -4.22. The largest absolute Gasteiger partial charge is 0.497 e. The molecule has 2 aromatic carbocycles. The quantitative estimate of drug-likeness (QED) is 0.225. The number of para-hydroxylation sites is 1. The van der Waals surface area contributed by atoms with Crippen LogP contribution < -0.4 is 20.1 Å². The molecule has 4 heterocycles. The van der Waals surface area contributed by atoms with Crippen LogP contribution in [-0.2, 0) is 11.2 Å². The summed E-state index contributed by atoms with van der Waals surface area (Å²) in [4.78, 5) is 38.1. The van der Waals surface area contributed by atoms with Crippen LogP contribution in [0.2, 0.25) is 0 Å². The number of halogens is 1. The molecule has 0 atom stereocenters. The van der Waals surface area contributed by atoms with Crippen molar-refractivity contribution in [1.29, 1.82) is 0 Å². The third-order valence-electron chi connectivity index (χ3n) is 7.45. The van der Waals surface area contributed by atoms with Crippen LogP contribution in [0.25, 0.3) is 11.7 Å². The fourth-order valence-electron chi connectivity index (χ4n) is 5.18. The summed E-state index contributed by atoms with van der Waals surface area (Å²) in [6.07, 6.45) is 3.92. The first-order valence-corrected chi connectivity index (χ1v) is 14.8. The maximum atomic E-state index is 14.4. The van der Waals surface area contributed by atoms with Crippen LogP contribution in [0, 0.1) is 5.82 Å². The average molecular weight is 602 g/mol. The van der Waals surface area contributed by atoms with Gasteiger partial charge in [-0.25, -0.2) is 9.37 Å². The lowest BCUT2D eigenvalue weighted by molar-refractivity contribution is -0.122. The van der Waals surface area contributed by atoms with E-state index >= 15 is 0 Å². The van der Waals surface area contributed by atoms with Gasteiger partial charge in [0, 0.05) is 38.9 Å². The predicted molar refractivity (Wildman–Crippen MR) is 169 cm³/mol. The maximum absolute atomic E-state index is 14.4. The lowest BCUT2D eigenvalue weighted by atomic mass is 10.1. The number of pyridine rings is 1. The first kappa shape index (κ1) is 27.9. The molecule has 0 spiro atoms. The molecule has 8 nitrogen and oxygen atoms in total. The second-order valence-electron chi connectivity index (χ2n) is 9.94. The molecule has 11 heteroatoms. The molecule has 2 fully saturated rings. The van der Waals surface area contributed by atoms with E-state index in [1.54, 1.807) is 48.5 Å². The normalized spacial score (nSPS) is 16.6. The molecule has 2 saturated heterocycles. The fourth-order valence-corrected chi connectivity index (χ4v) is 6.47. The number of amides is 1. The average Bonchev–Trinajstić information content (AvgIpc) is 3.29.